The monoisotopic (exact) mass is 297 g/mol. The van der Waals surface area contributed by atoms with Crippen LogP contribution >= 0.6 is 0 Å². The average Bonchev–Trinajstić information content (AvgIpc) is 2.48. The van der Waals surface area contributed by atoms with Gasteiger partial charge in [0.05, 0.1) is 0 Å². The maximum atomic E-state index is 11.6. The van der Waals surface area contributed by atoms with Gasteiger partial charge in [-0.3, -0.25) is 0 Å². The van der Waals surface area contributed by atoms with Crippen LogP contribution in [0.5, 0.6) is 0 Å². The van der Waals surface area contributed by atoms with Crippen LogP contribution in [-0.2, 0) is 10.0 Å². The first kappa shape index (κ1) is 15.3. The summed E-state index contributed by atoms with van der Waals surface area (Å²) in [6.45, 7) is 2.25. The number of sulfonamides is 1. The van der Waals surface area contributed by atoms with Crippen LogP contribution in [-0.4, -0.2) is 26.5 Å². The first-order chi connectivity index (χ1) is 9.55. The van der Waals surface area contributed by atoms with E-state index in [1.807, 2.05) is 0 Å². The highest BCUT2D eigenvalue weighted by Gasteiger charge is 2.20. The third-order valence-corrected chi connectivity index (χ3v) is 5.49. The summed E-state index contributed by atoms with van der Waals surface area (Å²) in [5.74, 6) is 1.61. The summed E-state index contributed by atoms with van der Waals surface area (Å²) in [5, 5.41) is 3.40. The lowest BCUT2D eigenvalue weighted by Crippen LogP contribution is -2.26. The normalized spacial score (nSPS) is 23.5. The zero-order valence-electron chi connectivity index (χ0n) is 12.1. The fourth-order valence-electron chi connectivity index (χ4n) is 2.67. The number of anilines is 1. The number of hydrogen-bond acceptors (Lipinski definition) is 4. The highest BCUT2D eigenvalue weighted by Crippen LogP contribution is 2.28. The van der Waals surface area contributed by atoms with E-state index in [4.69, 9.17) is 0 Å². The molecule has 0 atom stereocenters. The first-order valence-electron chi connectivity index (χ1n) is 7.21. The number of nitrogens with one attached hydrogen (secondary N) is 2. The summed E-state index contributed by atoms with van der Waals surface area (Å²) in [4.78, 5) is 4.39. The molecular formula is C14H23N3O2S. The van der Waals surface area contributed by atoms with E-state index in [-0.39, 0.29) is 4.90 Å². The van der Waals surface area contributed by atoms with Crippen molar-refractivity contribution in [1.82, 2.24) is 9.71 Å². The number of rotatable bonds is 5. The molecule has 0 spiro atoms. The molecule has 2 N–H and O–H groups in total. The summed E-state index contributed by atoms with van der Waals surface area (Å²) in [6.07, 6.45) is 7.52. The van der Waals surface area contributed by atoms with Gasteiger partial charge in [-0.25, -0.2) is 18.1 Å². The molecule has 0 aromatic carbocycles. The molecule has 2 rings (SSSR count). The fourth-order valence-corrected chi connectivity index (χ4v) is 3.34. The van der Waals surface area contributed by atoms with Crippen molar-refractivity contribution in [2.24, 2.45) is 5.92 Å². The van der Waals surface area contributed by atoms with E-state index in [9.17, 15) is 8.42 Å². The van der Waals surface area contributed by atoms with Crippen LogP contribution in [0.4, 0.5) is 5.82 Å². The fraction of sp³-hybridized carbons (Fsp3) is 0.643. The molecule has 0 saturated heterocycles. The largest absolute Gasteiger partial charge is 0.367 e. The van der Waals surface area contributed by atoms with Crippen LogP contribution in [0.1, 0.15) is 39.0 Å². The quantitative estimate of drug-likeness (QED) is 0.875. The Bertz CT molecular complexity index is 520. The molecule has 6 heteroatoms. The van der Waals surface area contributed by atoms with Crippen LogP contribution in [0.15, 0.2) is 23.2 Å². The van der Waals surface area contributed by atoms with Gasteiger partial charge in [0.1, 0.15) is 10.7 Å². The molecule has 1 aliphatic rings. The third kappa shape index (κ3) is 3.70. The van der Waals surface area contributed by atoms with Crippen molar-refractivity contribution >= 4 is 15.8 Å². The molecule has 0 unspecified atom stereocenters. The Balaban J connectivity index is 1.95. The molecule has 1 aromatic rings. The number of aromatic nitrogens is 1. The lowest BCUT2D eigenvalue weighted by molar-refractivity contribution is 0.330. The Morgan fingerprint density at radius 1 is 1.25 bits per heavy atom. The van der Waals surface area contributed by atoms with Crippen LogP contribution in [0, 0.1) is 5.92 Å². The van der Waals surface area contributed by atoms with Crippen LogP contribution in [0.25, 0.3) is 0 Å². The van der Waals surface area contributed by atoms with Gasteiger partial charge in [-0.2, -0.15) is 0 Å². The minimum absolute atomic E-state index is 0.195. The zero-order chi connectivity index (χ0) is 14.6. The van der Waals surface area contributed by atoms with Crippen molar-refractivity contribution in [3.8, 4) is 0 Å². The van der Waals surface area contributed by atoms with Crippen molar-refractivity contribution < 1.29 is 8.42 Å². The van der Waals surface area contributed by atoms with Crippen molar-refractivity contribution in [2.75, 3.05) is 12.4 Å². The van der Waals surface area contributed by atoms with Crippen molar-refractivity contribution in [1.29, 1.82) is 0 Å². The van der Waals surface area contributed by atoms with E-state index < -0.39 is 10.0 Å². The Kier molecular flexibility index (Phi) is 4.99. The second-order valence-electron chi connectivity index (χ2n) is 5.36. The van der Waals surface area contributed by atoms with Gasteiger partial charge in [0.25, 0.3) is 0 Å². The minimum atomic E-state index is -3.40. The number of pyridine rings is 1. The van der Waals surface area contributed by atoms with Crippen molar-refractivity contribution in [3.05, 3.63) is 18.3 Å². The second kappa shape index (κ2) is 6.54. The van der Waals surface area contributed by atoms with Crippen LogP contribution in [0.3, 0.4) is 0 Å². The lowest BCUT2D eigenvalue weighted by Gasteiger charge is -2.28. The van der Waals surface area contributed by atoms with Crippen molar-refractivity contribution in [3.63, 3.8) is 0 Å². The van der Waals surface area contributed by atoms with Gasteiger partial charge in [0, 0.05) is 12.2 Å². The molecule has 1 fully saturated rings. The first-order valence-corrected chi connectivity index (χ1v) is 8.69. The van der Waals surface area contributed by atoms with E-state index in [0.29, 0.717) is 6.04 Å². The lowest BCUT2D eigenvalue weighted by atomic mass is 9.84. The number of nitrogens with zero attached hydrogens (tertiary/aromatic N) is 1. The summed E-state index contributed by atoms with van der Waals surface area (Å²) >= 11 is 0. The van der Waals surface area contributed by atoms with Crippen LogP contribution in [0.2, 0.25) is 0 Å². The van der Waals surface area contributed by atoms with Crippen molar-refractivity contribution in [2.45, 2.75) is 50.0 Å². The Morgan fingerprint density at radius 2 is 1.95 bits per heavy atom. The van der Waals surface area contributed by atoms with E-state index in [0.717, 1.165) is 24.6 Å². The van der Waals surface area contributed by atoms with Crippen LogP contribution < -0.4 is 10.0 Å². The molecule has 0 radical (unpaired) electrons. The number of hydrogen-bond donors (Lipinski definition) is 2. The van der Waals surface area contributed by atoms with E-state index in [1.54, 1.807) is 12.1 Å². The summed E-state index contributed by atoms with van der Waals surface area (Å²) in [7, 11) is -2.00. The smallest absolute Gasteiger partial charge is 0.241 e. The zero-order valence-corrected chi connectivity index (χ0v) is 12.9. The summed E-state index contributed by atoms with van der Waals surface area (Å²) in [5.41, 5.74) is 0. The predicted octanol–water partition coefficient (Wildman–Crippen LogP) is 2.37. The molecule has 112 valence electrons. The van der Waals surface area contributed by atoms with Gasteiger partial charge >= 0.3 is 0 Å². The molecule has 1 heterocycles. The van der Waals surface area contributed by atoms with Gasteiger partial charge < -0.3 is 5.32 Å². The second-order valence-corrected chi connectivity index (χ2v) is 7.24. The molecule has 0 amide bonds. The molecule has 0 bridgehead atoms. The molecule has 1 saturated carbocycles. The average molecular weight is 297 g/mol. The van der Waals surface area contributed by atoms with Gasteiger partial charge in [-0.15, -0.1) is 0 Å². The van der Waals surface area contributed by atoms with Gasteiger partial charge in [-0.1, -0.05) is 13.3 Å². The van der Waals surface area contributed by atoms with Gasteiger partial charge in [0.2, 0.25) is 10.0 Å². The molecule has 5 nitrogen and oxygen atoms in total. The third-order valence-electron chi connectivity index (χ3n) is 4.09. The summed E-state index contributed by atoms with van der Waals surface area (Å²) < 4.78 is 25.5. The van der Waals surface area contributed by atoms with E-state index in [1.165, 1.54) is 32.5 Å². The Hall–Kier alpha value is -1.14. The molecular weight excluding hydrogens is 274 g/mol. The van der Waals surface area contributed by atoms with Gasteiger partial charge in [-0.05, 0) is 50.8 Å². The molecule has 1 aliphatic carbocycles. The molecule has 1 aromatic heterocycles. The highest BCUT2D eigenvalue weighted by atomic mass is 32.2. The molecule has 20 heavy (non-hydrogen) atoms. The Morgan fingerprint density at radius 3 is 2.45 bits per heavy atom. The Labute approximate surface area is 121 Å². The summed E-state index contributed by atoms with van der Waals surface area (Å²) in [6, 6.07) is 3.77. The SMILES string of the molecule is CCC1CCC(Nc2ccc(S(=O)(=O)NC)cn2)CC1. The maximum Gasteiger partial charge on any atom is 0.241 e. The standard InChI is InChI=1S/C14H23N3O2S/c1-3-11-4-6-12(7-5-11)17-14-9-8-13(10-16-14)20(18,19)15-2/h8-12,15H,3-7H2,1-2H3,(H,16,17). The topological polar surface area (TPSA) is 71.1 Å². The minimum Gasteiger partial charge on any atom is -0.367 e. The maximum absolute atomic E-state index is 11.6. The highest BCUT2D eigenvalue weighted by molar-refractivity contribution is 7.89. The van der Waals surface area contributed by atoms with E-state index in [2.05, 4.69) is 21.9 Å². The van der Waals surface area contributed by atoms with E-state index >= 15 is 0 Å². The predicted molar refractivity (Wildman–Crippen MR) is 80.1 cm³/mol. The van der Waals surface area contributed by atoms with Gasteiger partial charge in [0.15, 0.2) is 0 Å². The molecule has 0 aliphatic heterocycles.